The third kappa shape index (κ3) is 3.76. The van der Waals surface area contributed by atoms with Crippen molar-refractivity contribution in [2.24, 2.45) is 5.73 Å². The Morgan fingerprint density at radius 1 is 1.29 bits per heavy atom. The van der Waals surface area contributed by atoms with Gasteiger partial charge in [0.25, 0.3) is 0 Å². The van der Waals surface area contributed by atoms with Crippen molar-refractivity contribution in [1.82, 2.24) is 14.8 Å². The van der Waals surface area contributed by atoms with Crippen LogP contribution in [0.4, 0.5) is 0 Å². The van der Waals surface area contributed by atoms with E-state index in [1.807, 2.05) is 12.1 Å². The SMILES string of the molecule is CCc1cccc(OCc2nnc(C3CC(N)C3)n2CCOC)c1. The molecular weight excluding hydrogens is 304 g/mol. The minimum absolute atomic E-state index is 0.291. The highest BCUT2D eigenvalue weighted by molar-refractivity contribution is 5.28. The number of aryl methyl sites for hydroxylation is 1. The van der Waals surface area contributed by atoms with Gasteiger partial charge in [-0.3, -0.25) is 0 Å². The second kappa shape index (κ2) is 7.77. The van der Waals surface area contributed by atoms with Crippen LogP contribution in [-0.2, 0) is 24.3 Å². The fourth-order valence-corrected chi connectivity index (χ4v) is 3.06. The Kier molecular flexibility index (Phi) is 5.48. The second-order valence-electron chi connectivity index (χ2n) is 6.34. The zero-order chi connectivity index (χ0) is 16.9. The van der Waals surface area contributed by atoms with Crippen molar-refractivity contribution < 1.29 is 9.47 Å². The topological polar surface area (TPSA) is 75.2 Å². The molecule has 0 bridgehead atoms. The lowest BCUT2D eigenvalue weighted by Crippen LogP contribution is -2.36. The fourth-order valence-electron chi connectivity index (χ4n) is 3.06. The summed E-state index contributed by atoms with van der Waals surface area (Å²) in [5.41, 5.74) is 7.18. The summed E-state index contributed by atoms with van der Waals surface area (Å²) in [5, 5.41) is 8.74. The van der Waals surface area contributed by atoms with Crippen LogP contribution in [0.2, 0.25) is 0 Å². The first-order valence-corrected chi connectivity index (χ1v) is 8.59. The van der Waals surface area contributed by atoms with Crippen LogP contribution < -0.4 is 10.5 Å². The van der Waals surface area contributed by atoms with Gasteiger partial charge in [0.1, 0.15) is 18.2 Å². The molecule has 6 nitrogen and oxygen atoms in total. The van der Waals surface area contributed by atoms with Crippen LogP contribution >= 0.6 is 0 Å². The quantitative estimate of drug-likeness (QED) is 0.803. The molecule has 1 aromatic carbocycles. The fraction of sp³-hybridized carbons (Fsp3) is 0.556. The molecular formula is C18H26N4O2. The van der Waals surface area contributed by atoms with E-state index >= 15 is 0 Å². The number of hydrogen-bond donors (Lipinski definition) is 1. The van der Waals surface area contributed by atoms with Gasteiger partial charge >= 0.3 is 0 Å². The number of nitrogens with two attached hydrogens (primary N) is 1. The van der Waals surface area contributed by atoms with Gasteiger partial charge in [-0.05, 0) is 37.0 Å². The minimum atomic E-state index is 0.291. The maximum atomic E-state index is 5.93. The van der Waals surface area contributed by atoms with Crippen molar-refractivity contribution in [1.29, 1.82) is 0 Å². The molecule has 0 radical (unpaired) electrons. The third-order valence-corrected chi connectivity index (χ3v) is 4.59. The zero-order valence-electron chi connectivity index (χ0n) is 14.4. The van der Waals surface area contributed by atoms with E-state index in [-0.39, 0.29) is 0 Å². The predicted octanol–water partition coefficient (Wildman–Crippen LogP) is 2.27. The van der Waals surface area contributed by atoms with E-state index in [1.165, 1.54) is 5.56 Å². The van der Waals surface area contributed by atoms with Crippen LogP contribution in [0.5, 0.6) is 5.75 Å². The Hall–Kier alpha value is -1.92. The van der Waals surface area contributed by atoms with Gasteiger partial charge in [-0.2, -0.15) is 0 Å². The average Bonchev–Trinajstić information content (AvgIpc) is 2.97. The monoisotopic (exact) mass is 330 g/mol. The molecule has 0 saturated heterocycles. The third-order valence-electron chi connectivity index (χ3n) is 4.59. The summed E-state index contributed by atoms with van der Waals surface area (Å²) < 4.78 is 13.3. The molecule has 130 valence electrons. The molecule has 2 N–H and O–H groups in total. The molecule has 2 aromatic rings. The lowest BCUT2D eigenvalue weighted by atomic mass is 9.80. The van der Waals surface area contributed by atoms with Gasteiger partial charge in [0.05, 0.1) is 6.61 Å². The van der Waals surface area contributed by atoms with Crippen molar-refractivity contribution in [2.45, 2.75) is 51.3 Å². The van der Waals surface area contributed by atoms with Gasteiger partial charge in [-0.25, -0.2) is 0 Å². The van der Waals surface area contributed by atoms with E-state index < -0.39 is 0 Å². The van der Waals surface area contributed by atoms with Crippen molar-refractivity contribution in [3.63, 3.8) is 0 Å². The van der Waals surface area contributed by atoms with Crippen molar-refractivity contribution >= 4 is 0 Å². The minimum Gasteiger partial charge on any atom is -0.486 e. The highest BCUT2D eigenvalue weighted by atomic mass is 16.5. The average molecular weight is 330 g/mol. The van der Waals surface area contributed by atoms with Crippen LogP contribution in [0.1, 0.15) is 42.9 Å². The zero-order valence-corrected chi connectivity index (χ0v) is 14.4. The number of benzene rings is 1. The lowest BCUT2D eigenvalue weighted by Gasteiger charge is -2.31. The van der Waals surface area contributed by atoms with Gasteiger partial charge in [0.2, 0.25) is 0 Å². The molecule has 1 heterocycles. The van der Waals surface area contributed by atoms with Crippen molar-refractivity contribution in [3.05, 3.63) is 41.5 Å². The Morgan fingerprint density at radius 3 is 2.83 bits per heavy atom. The Morgan fingerprint density at radius 2 is 2.12 bits per heavy atom. The first-order valence-electron chi connectivity index (χ1n) is 8.59. The summed E-state index contributed by atoms with van der Waals surface area (Å²) in [6.07, 6.45) is 2.95. The standard InChI is InChI=1S/C18H26N4O2/c1-3-13-5-4-6-16(9-13)24-12-17-20-21-18(14-10-15(19)11-14)22(17)7-8-23-2/h4-6,9,14-15H,3,7-8,10-12,19H2,1-2H3. The lowest BCUT2D eigenvalue weighted by molar-refractivity contribution is 0.180. The molecule has 0 atom stereocenters. The van der Waals surface area contributed by atoms with Crippen molar-refractivity contribution in [2.75, 3.05) is 13.7 Å². The van der Waals surface area contributed by atoms with Gasteiger partial charge in [-0.15, -0.1) is 10.2 Å². The maximum absolute atomic E-state index is 5.93. The summed E-state index contributed by atoms with van der Waals surface area (Å²) in [7, 11) is 1.70. The Labute approximate surface area is 143 Å². The molecule has 24 heavy (non-hydrogen) atoms. The normalized spacial score (nSPS) is 20.0. The number of aromatic nitrogens is 3. The molecule has 6 heteroatoms. The summed E-state index contributed by atoms with van der Waals surface area (Å²) >= 11 is 0. The van der Waals surface area contributed by atoms with Crippen LogP contribution in [0, 0.1) is 0 Å². The number of methoxy groups -OCH3 is 1. The molecule has 0 aliphatic heterocycles. The maximum Gasteiger partial charge on any atom is 0.171 e. The second-order valence-corrected chi connectivity index (χ2v) is 6.34. The van der Waals surface area contributed by atoms with Gasteiger partial charge in [-0.1, -0.05) is 19.1 Å². The van der Waals surface area contributed by atoms with Crippen LogP contribution in [0.15, 0.2) is 24.3 Å². The summed E-state index contributed by atoms with van der Waals surface area (Å²) in [6.45, 7) is 3.90. The molecule has 0 unspecified atom stereocenters. The van der Waals surface area contributed by atoms with E-state index in [0.717, 1.165) is 43.2 Å². The molecule has 1 saturated carbocycles. The van der Waals surface area contributed by atoms with E-state index in [1.54, 1.807) is 7.11 Å². The van der Waals surface area contributed by atoms with Crippen LogP contribution in [-0.4, -0.2) is 34.5 Å². The highest BCUT2D eigenvalue weighted by Gasteiger charge is 2.32. The number of ether oxygens (including phenoxy) is 2. The predicted molar refractivity (Wildman–Crippen MR) is 92.0 cm³/mol. The number of hydrogen-bond acceptors (Lipinski definition) is 5. The molecule has 1 aliphatic rings. The van der Waals surface area contributed by atoms with Gasteiger partial charge in [0.15, 0.2) is 5.82 Å². The van der Waals surface area contributed by atoms with Gasteiger partial charge < -0.3 is 19.8 Å². The largest absolute Gasteiger partial charge is 0.486 e. The molecule has 1 aromatic heterocycles. The summed E-state index contributed by atoms with van der Waals surface area (Å²) in [4.78, 5) is 0. The van der Waals surface area contributed by atoms with E-state index in [0.29, 0.717) is 25.2 Å². The first kappa shape index (κ1) is 16.9. The summed E-state index contributed by atoms with van der Waals surface area (Å²) in [6, 6.07) is 8.46. The Bertz CT molecular complexity index is 665. The molecule has 0 spiro atoms. The molecule has 1 fully saturated rings. The van der Waals surface area contributed by atoms with Crippen LogP contribution in [0.3, 0.4) is 0 Å². The smallest absolute Gasteiger partial charge is 0.171 e. The number of rotatable bonds is 8. The first-order chi connectivity index (χ1) is 11.7. The number of nitrogens with zero attached hydrogens (tertiary/aromatic N) is 3. The van der Waals surface area contributed by atoms with E-state index in [4.69, 9.17) is 15.2 Å². The summed E-state index contributed by atoms with van der Waals surface area (Å²) in [5.74, 6) is 3.11. The molecule has 3 rings (SSSR count). The highest BCUT2D eigenvalue weighted by Crippen LogP contribution is 2.34. The molecule has 0 amide bonds. The van der Waals surface area contributed by atoms with Crippen LogP contribution in [0.25, 0.3) is 0 Å². The van der Waals surface area contributed by atoms with E-state index in [9.17, 15) is 0 Å². The van der Waals surface area contributed by atoms with Gasteiger partial charge in [0, 0.05) is 25.6 Å². The Balaban J connectivity index is 1.71. The molecule has 1 aliphatic carbocycles. The van der Waals surface area contributed by atoms with Crippen molar-refractivity contribution in [3.8, 4) is 5.75 Å². The van der Waals surface area contributed by atoms with E-state index in [2.05, 4.69) is 33.8 Å².